The Morgan fingerprint density at radius 3 is 2.83 bits per heavy atom. The molecular formula is C20H25ClN6O2S. The van der Waals surface area contributed by atoms with Gasteiger partial charge < -0.3 is 15.4 Å². The molecule has 0 radical (unpaired) electrons. The molecule has 0 spiro atoms. The van der Waals surface area contributed by atoms with Crippen LogP contribution >= 0.6 is 23.4 Å². The summed E-state index contributed by atoms with van der Waals surface area (Å²) in [6.45, 7) is 6.82. The second-order valence-electron chi connectivity index (χ2n) is 6.25. The van der Waals surface area contributed by atoms with Gasteiger partial charge in [0.1, 0.15) is 5.82 Å². The quantitative estimate of drug-likeness (QED) is 0.263. The van der Waals surface area contributed by atoms with Crippen LogP contribution in [0.5, 0.6) is 0 Å². The third kappa shape index (κ3) is 5.62. The van der Waals surface area contributed by atoms with Gasteiger partial charge in [0, 0.05) is 19.7 Å². The molecular weight excluding hydrogens is 424 g/mol. The van der Waals surface area contributed by atoms with E-state index < -0.39 is 0 Å². The smallest absolute Gasteiger partial charge is 0.252 e. The van der Waals surface area contributed by atoms with Gasteiger partial charge in [-0.3, -0.25) is 4.79 Å². The monoisotopic (exact) mass is 448 g/mol. The molecule has 0 unspecified atom stereocenters. The molecule has 0 atom stereocenters. The third-order valence-corrected chi connectivity index (χ3v) is 5.28. The highest BCUT2D eigenvalue weighted by Gasteiger charge is 2.14. The lowest BCUT2D eigenvalue weighted by molar-refractivity contribution is 0.0952. The van der Waals surface area contributed by atoms with Gasteiger partial charge in [0.15, 0.2) is 10.8 Å². The number of hydrogen-bond donors (Lipinski definition) is 2. The van der Waals surface area contributed by atoms with Crippen molar-refractivity contribution in [1.29, 1.82) is 0 Å². The van der Waals surface area contributed by atoms with Gasteiger partial charge in [0.2, 0.25) is 0 Å². The molecule has 0 fully saturated rings. The number of nitrogens with one attached hydrogen (secondary N) is 2. The Kier molecular flexibility index (Phi) is 8.30. The number of carbonyl (C=O) groups is 1. The van der Waals surface area contributed by atoms with Gasteiger partial charge >= 0.3 is 0 Å². The number of amides is 1. The van der Waals surface area contributed by atoms with Crippen LogP contribution in [-0.2, 0) is 11.3 Å². The first-order valence-corrected chi connectivity index (χ1v) is 11.2. The molecule has 1 aromatic carbocycles. The average molecular weight is 449 g/mol. The summed E-state index contributed by atoms with van der Waals surface area (Å²) in [4.78, 5) is 21.6. The van der Waals surface area contributed by atoms with Crippen LogP contribution in [0.2, 0.25) is 5.02 Å². The zero-order chi connectivity index (χ0) is 21.3. The molecule has 3 rings (SSSR count). The lowest BCUT2D eigenvalue weighted by Gasteiger charge is -2.10. The maximum Gasteiger partial charge on any atom is 0.252 e. The van der Waals surface area contributed by atoms with Crippen molar-refractivity contribution in [2.24, 2.45) is 0 Å². The first kappa shape index (κ1) is 22.3. The lowest BCUT2D eigenvalue weighted by Crippen LogP contribution is -2.27. The molecule has 3 aromatic rings. The zero-order valence-corrected chi connectivity index (χ0v) is 18.6. The van der Waals surface area contributed by atoms with Gasteiger partial charge in [-0.1, -0.05) is 42.4 Å². The number of thioether (sulfide) groups is 1. The summed E-state index contributed by atoms with van der Waals surface area (Å²) in [5.74, 6) is 1.39. The summed E-state index contributed by atoms with van der Waals surface area (Å²) in [6, 6.07) is 6.97. The molecule has 0 saturated heterocycles. The molecule has 0 aliphatic rings. The molecule has 8 nitrogen and oxygen atoms in total. The van der Waals surface area contributed by atoms with E-state index in [-0.39, 0.29) is 5.91 Å². The minimum atomic E-state index is -0.216. The Balaban J connectivity index is 1.71. The molecule has 2 aromatic heterocycles. The van der Waals surface area contributed by atoms with Gasteiger partial charge in [-0.2, -0.15) is 5.10 Å². The largest absolute Gasteiger partial charge is 0.380 e. The average Bonchev–Trinajstić information content (AvgIpc) is 3.15. The molecule has 0 aliphatic heterocycles. The highest BCUT2D eigenvalue weighted by molar-refractivity contribution is 7.99. The number of benzene rings is 1. The van der Waals surface area contributed by atoms with Gasteiger partial charge in [0.25, 0.3) is 5.91 Å². The predicted octanol–water partition coefficient (Wildman–Crippen LogP) is 3.47. The molecule has 0 aliphatic carbocycles. The number of rotatable bonds is 11. The number of ether oxygens (including phenoxy) is 1. The fourth-order valence-corrected chi connectivity index (χ4v) is 3.62. The first-order valence-electron chi connectivity index (χ1n) is 9.84. The maximum atomic E-state index is 12.3. The van der Waals surface area contributed by atoms with Crippen molar-refractivity contribution < 1.29 is 9.53 Å². The molecule has 0 saturated carbocycles. The maximum absolute atomic E-state index is 12.3. The van der Waals surface area contributed by atoms with Crippen LogP contribution in [0.15, 0.2) is 35.6 Å². The number of carbonyl (C=O) groups excluding carboxylic acids is 1. The highest BCUT2D eigenvalue weighted by atomic mass is 35.5. The van der Waals surface area contributed by atoms with Crippen LogP contribution < -0.4 is 10.6 Å². The van der Waals surface area contributed by atoms with Gasteiger partial charge in [-0.15, -0.1) is 0 Å². The van der Waals surface area contributed by atoms with Crippen LogP contribution in [0, 0.1) is 0 Å². The normalized spacial score (nSPS) is 11.0. The fraction of sp³-hybridized carbons (Fsp3) is 0.400. The molecule has 30 heavy (non-hydrogen) atoms. The van der Waals surface area contributed by atoms with E-state index in [0.29, 0.717) is 48.6 Å². The molecule has 2 N–H and O–H groups in total. The molecule has 10 heteroatoms. The Hall–Kier alpha value is -2.36. The number of anilines is 1. The third-order valence-electron chi connectivity index (χ3n) is 4.22. The summed E-state index contributed by atoms with van der Waals surface area (Å²) in [7, 11) is 0. The summed E-state index contributed by atoms with van der Waals surface area (Å²) in [6.07, 6.45) is 1.74. The van der Waals surface area contributed by atoms with Gasteiger partial charge in [-0.25, -0.2) is 14.6 Å². The number of halogens is 1. The van der Waals surface area contributed by atoms with Crippen molar-refractivity contribution in [3.63, 3.8) is 0 Å². The topological polar surface area (TPSA) is 94.0 Å². The number of nitrogens with zero attached hydrogens (tertiary/aromatic N) is 4. The van der Waals surface area contributed by atoms with Crippen LogP contribution in [0.3, 0.4) is 0 Å². The molecule has 0 bridgehead atoms. The van der Waals surface area contributed by atoms with E-state index in [4.69, 9.17) is 16.3 Å². The summed E-state index contributed by atoms with van der Waals surface area (Å²) in [5, 5.41) is 12.6. The Bertz CT molecular complexity index is 997. The van der Waals surface area contributed by atoms with E-state index >= 15 is 0 Å². The van der Waals surface area contributed by atoms with Crippen molar-refractivity contribution in [2.75, 3.05) is 37.4 Å². The number of aromatic nitrogens is 4. The van der Waals surface area contributed by atoms with Crippen molar-refractivity contribution in [3.8, 4) is 0 Å². The standard InChI is InChI=1S/C20H25ClN6O2S/c1-3-29-12-10-22-17-15-13-24-27(18(15)26-20(25-17)30-4-2)11-9-23-19(28)14-7-5-6-8-16(14)21/h5-8,13H,3-4,9-12H2,1-2H3,(H,23,28)(H,22,25,26). The SMILES string of the molecule is CCOCCNc1nc(SCC)nc2c1cnn2CCNC(=O)c1ccccc1Cl. The first-order chi connectivity index (χ1) is 14.6. The van der Waals surface area contributed by atoms with Crippen LogP contribution in [0.4, 0.5) is 5.82 Å². The van der Waals surface area contributed by atoms with E-state index in [1.54, 1.807) is 46.9 Å². The Labute approximate surface area is 184 Å². The van der Waals surface area contributed by atoms with E-state index in [0.717, 1.165) is 22.6 Å². The van der Waals surface area contributed by atoms with Crippen LogP contribution in [-0.4, -0.2) is 57.7 Å². The summed E-state index contributed by atoms with van der Waals surface area (Å²) in [5.41, 5.74) is 1.18. The Morgan fingerprint density at radius 2 is 2.07 bits per heavy atom. The minimum absolute atomic E-state index is 0.216. The van der Waals surface area contributed by atoms with Crippen molar-refractivity contribution in [2.45, 2.75) is 25.5 Å². The van der Waals surface area contributed by atoms with E-state index in [1.165, 1.54) is 0 Å². The van der Waals surface area contributed by atoms with E-state index in [9.17, 15) is 4.79 Å². The van der Waals surface area contributed by atoms with Crippen molar-refractivity contribution >= 4 is 46.1 Å². The summed E-state index contributed by atoms with van der Waals surface area (Å²) >= 11 is 7.66. The van der Waals surface area contributed by atoms with Crippen molar-refractivity contribution in [3.05, 3.63) is 41.0 Å². The zero-order valence-electron chi connectivity index (χ0n) is 17.0. The number of hydrogen-bond acceptors (Lipinski definition) is 7. The summed E-state index contributed by atoms with van der Waals surface area (Å²) < 4.78 is 7.16. The van der Waals surface area contributed by atoms with E-state index in [2.05, 4.69) is 32.6 Å². The molecule has 1 amide bonds. The second kappa shape index (κ2) is 11.1. The van der Waals surface area contributed by atoms with Crippen LogP contribution in [0.1, 0.15) is 24.2 Å². The molecule has 2 heterocycles. The second-order valence-corrected chi connectivity index (χ2v) is 7.89. The minimum Gasteiger partial charge on any atom is -0.380 e. The number of fused-ring (bicyclic) bond motifs is 1. The van der Waals surface area contributed by atoms with E-state index in [1.807, 2.05) is 6.92 Å². The predicted molar refractivity (Wildman–Crippen MR) is 120 cm³/mol. The fourth-order valence-electron chi connectivity index (χ4n) is 2.83. The van der Waals surface area contributed by atoms with Crippen LogP contribution in [0.25, 0.3) is 11.0 Å². The van der Waals surface area contributed by atoms with Gasteiger partial charge in [0.05, 0.1) is 35.3 Å². The highest BCUT2D eigenvalue weighted by Crippen LogP contribution is 2.24. The molecule has 160 valence electrons. The van der Waals surface area contributed by atoms with Gasteiger partial charge in [-0.05, 0) is 24.8 Å². The lowest BCUT2D eigenvalue weighted by atomic mass is 10.2. The Morgan fingerprint density at radius 1 is 1.23 bits per heavy atom. The van der Waals surface area contributed by atoms with Crippen molar-refractivity contribution in [1.82, 2.24) is 25.1 Å².